The Morgan fingerprint density at radius 2 is 1.96 bits per heavy atom. The number of aromatic nitrogens is 1. The summed E-state index contributed by atoms with van der Waals surface area (Å²) in [5, 5.41) is 6.16. The molecule has 2 heterocycles. The second-order valence-electron chi connectivity index (χ2n) is 7.33. The summed E-state index contributed by atoms with van der Waals surface area (Å²) in [5.74, 6) is 0.884. The number of amides is 2. The van der Waals surface area contributed by atoms with Crippen molar-refractivity contribution in [1.82, 2.24) is 15.6 Å². The average molecular weight is 386 g/mol. The van der Waals surface area contributed by atoms with Gasteiger partial charge in [0.1, 0.15) is 0 Å². The van der Waals surface area contributed by atoms with E-state index in [-0.39, 0.29) is 17.9 Å². The van der Waals surface area contributed by atoms with E-state index >= 15 is 0 Å². The highest BCUT2D eigenvalue weighted by Crippen LogP contribution is 2.36. The van der Waals surface area contributed by atoms with Crippen molar-refractivity contribution in [2.75, 3.05) is 6.54 Å². The van der Waals surface area contributed by atoms with E-state index in [1.807, 2.05) is 37.3 Å². The Balaban J connectivity index is 1.52. The normalized spacial score (nSPS) is 20.7. The molecule has 5 nitrogen and oxygen atoms in total. The molecule has 1 atom stereocenters. The molecule has 0 saturated heterocycles. The van der Waals surface area contributed by atoms with Gasteiger partial charge in [0.2, 0.25) is 5.91 Å². The van der Waals surface area contributed by atoms with Gasteiger partial charge in [-0.25, -0.2) is 0 Å². The maximum atomic E-state index is 12.2. The Bertz CT molecular complexity index is 767. The first-order chi connectivity index (χ1) is 13.0. The van der Waals surface area contributed by atoms with E-state index in [4.69, 9.17) is 0 Å². The fourth-order valence-corrected chi connectivity index (χ4v) is 4.60. The molecular formula is C21H27N3O2S. The Morgan fingerprint density at radius 1 is 1.19 bits per heavy atom. The molecule has 2 amide bonds. The van der Waals surface area contributed by atoms with Crippen molar-refractivity contribution in [2.24, 2.45) is 11.8 Å². The second-order valence-corrected chi connectivity index (χ2v) is 8.62. The molecule has 0 spiro atoms. The second kappa shape index (κ2) is 9.13. The van der Waals surface area contributed by atoms with Crippen LogP contribution in [0.2, 0.25) is 0 Å². The van der Waals surface area contributed by atoms with Gasteiger partial charge in [-0.3, -0.25) is 14.6 Å². The zero-order chi connectivity index (χ0) is 19.2. The van der Waals surface area contributed by atoms with Gasteiger partial charge in [-0.2, -0.15) is 0 Å². The molecule has 3 rings (SSSR count). The van der Waals surface area contributed by atoms with E-state index < -0.39 is 0 Å². The topological polar surface area (TPSA) is 71.1 Å². The van der Waals surface area contributed by atoms with Crippen LogP contribution in [0.4, 0.5) is 0 Å². The Kier molecular flexibility index (Phi) is 6.61. The van der Waals surface area contributed by atoms with Gasteiger partial charge < -0.3 is 10.6 Å². The van der Waals surface area contributed by atoms with Crippen molar-refractivity contribution < 1.29 is 9.59 Å². The summed E-state index contributed by atoms with van der Waals surface area (Å²) in [6, 6.07) is 9.67. The molecule has 0 aliphatic heterocycles. The van der Waals surface area contributed by atoms with E-state index in [0.717, 1.165) is 47.7 Å². The van der Waals surface area contributed by atoms with Gasteiger partial charge in [0.05, 0.1) is 16.6 Å². The van der Waals surface area contributed by atoms with Crippen LogP contribution in [0.1, 0.15) is 58.9 Å². The highest BCUT2D eigenvalue weighted by molar-refractivity contribution is 7.13. The third kappa shape index (κ3) is 5.39. The lowest BCUT2D eigenvalue weighted by atomic mass is 9.77. The summed E-state index contributed by atoms with van der Waals surface area (Å²) in [6.07, 6.45) is 5.94. The molecule has 144 valence electrons. The average Bonchev–Trinajstić information content (AvgIpc) is 3.12. The van der Waals surface area contributed by atoms with Gasteiger partial charge in [-0.1, -0.05) is 6.07 Å². The minimum absolute atomic E-state index is 0.0220. The number of aryl methyl sites for hydroxylation is 1. The number of thiophene rings is 1. The molecule has 27 heavy (non-hydrogen) atoms. The molecule has 0 aromatic carbocycles. The molecule has 2 aromatic heterocycles. The Morgan fingerprint density at radius 3 is 2.56 bits per heavy atom. The van der Waals surface area contributed by atoms with Crippen molar-refractivity contribution in [1.29, 1.82) is 0 Å². The molecule has 1 fully saturated rings. The molecule has 0 unspecified atom stereocenters. The first kappa shape index (κ1) is 19.5. The summed E-state index contributed by atoms with van der Waals surface area (Å²) in [5.41, 5.74) is 0.928. The van der Waals surface area contributed by atoms with Crippen LogP contribution >= 0.6 is 11.3 Å². The van der Waals surface area contributed by atoms with Crippen molar-refractivity contribution in [3.05, 3.63) is 52.0 Å². The van der Waals surface area contributed by atoms with E-state index in [1.165, 1.54) is 11.3 Å². The SMILES string of the molecule is CC(=O)N[C@@H](c1ccccn1)C1CCC(CNC(=O)c2ccc(C)s2)CC1. The maximum absolute atomic E-state index is 12.2. The third-order valence-corrected chi connectivity index (χ3v) is 6.24. The van der Waals surface area contributed by atoms with Crippen LogP contribution in [0.25, 0.3) is 0 Å². The molecule has 1 aliphatic carbocycles. The largest absolute Gasteiger partial charge is 0.351 e. The lowest BCUT2D eigenvalue weighted by molar-refractivity contribution is -0.120. The number of pyridine rings is 1. The molecule has 1 aliphatic rings. The van der Waals surface area contributed by atoms with Crippen molar-refractivity contribution >= 4 is 23.2 Å². The highest BCUT2D eigenvalue weighted by atomic mass is 32.1. The molecule has 0 radical (unpaired) electrons. The van der Waals surface area contributed by atoms with Crippen LogP contribution < -0.4 is 10.6 Å². The van der Waals surface area contributed by atoms with Crippen molar-refractivity contribution in [3.8, 4) is 0 Å². The summed E-state index contributed by atoms with van der Waals surface area (Å²) < 4.78 is 0. The molecule has 6 heteroatoms. The van der Waals surface area contributed by atoms with Crippen molar-refractivity contribution in [3.63, 3.8) is 0 Å². The predicted molar refractivity (Wildman–Crippen MR) is 108 cm³/mol. The summed E-state index contributed by atoms with van der Waals surface area (Å²) in [4.78, 5) is 30.3. The smallest absolute Gasteiger partial charge is 0.261 e. The number of hydrogen-bond donors (Lipinski definition) is 2. The maximum Gasteiger partial charge on any atom is 0.261 e. The molecule has 2 aromatic rings. The van der Waals surface area contributed by atoms with Gasteiger partial charge in [0, 0.05) is 24.5 Å². The van der Waals surface area contributed by atoms with Gasteiger partial charge >= 0.3 is 0 Å². The van der Waals surface area contributed by atoms with E-state index in [1.54, 1.807) is 13.1 Å². The molecule has 1 saturated carbocycles. The number of nitrogens with zero attached hydrogens (tertiary/aromatic N) is 1. The van der Waals surface area contributed by atoms with Gasteiger partial charge in [0.25, 0.3) is 5.91 Å². The molecule has 2 N–H and O–H groups in total. The zero-order valence-corrected chi connectivity index (χ0v) is 16.7. The van der Waals surface area contributed by atoms with Gasteiger partial charge in [0.15, 0.2) is 0 Å². The summed E-state index contributed by atoms with van der Waals surface area (Å²) in [7, 11) is 0. The number of nitrogens with one attached hydrogen (secondary N) is 2. The van der Waals surface area contributed by atoms with E-state index in [2.05, 4.69) is 15.6 Å². The minimum atomic E-state index is -0.0339. The van der Waals surface area contributed by atoms with E-state index in [0.29, 0.717) is 11.8 Å². The van der Waals surface area contributed by atoms with Crippen LogP contribution in [0.3, 0.4) is 0 Å². The fraction of sp³-hybridized carbons (Fsp3) is 0.476. The predicted octanol–water partition coefficient (Wildman–Crippen LogP) is 3.87. The standard InChI is InChI=1S/C21H27N3O2S/c1-14-6-11-19(27-14)21(26)23-13-16-7-9-17(10-8-16)20(24-15(2)25)18-5-3-4-12-22-18/h3-6,11-12,16-17,20H,7-10,13H2,1-2H3,(H,23,26)(H,24,25)/t16?,17?,20-/m1/s1. The monoisotopic (exact) mass is 385 g/mol. The van der Waals surface area contributed by atoms with Crippen LogP contribution in [0, 0.1) is 18.8 Å². The molecular weight excluding hydrogens is 358 g/mol. The Labute approximate surface area is 164 Å². The van der Waals surface area contributed by atoms with Crippen LogP contribution in [-0.4, -0.2) is 23.3 Å². The highest BCUT2D eigenvalue weighted by Gasteiger charge is 2.30. The van der Waals surface area contributed by atoms with Crippen LogP contribution in [0.5, 0.6) is 0 Å². The third-order valence-electron chi connectivity index (χ3n) is 5.24. The first-order valence-electron chi connectivity index (χ1n) is 9.55. The number of carbonyl (C=O) groups excluding carboxylic acids is 2. The lowest BCUT2D eigenvalue weighted by Crippen LogP contribution is -2.36. The van der Waals surface area contributed by atoms with Gasteiger partial charge in [-0.15, -0.1) is 11.3 Å². The lowest BCUT2D eigenvalue weighted by Gasteiger charge is -2.34. The Hall–Kier alpha value is -2.21. The van der Waals surface area contributed by atoms with Crippen LogP contribution in [-0.2, 0) is 4.79 Å². The quantitative estimate of drug-likeness (QED) is 0.793. The van der Waals surface area contributed by atoms with Crippen molar-refractivity contribution in [2.45, 2.75) is 45.6 Å². The first-order valence-corrected chi connectivity index (χ1v) is 10.4. The fourth-order valence-electron chi connectivity index (χ4n) is 3.82. The summed E-state index contributed by atoms with van der Waals surface area (Å²) >= 11 is 1.53. The zero-order valence-electron chi connectivity index (χ0n) is 15.9. The summed E-state index contributed by atoms with van der Waals surface area (Å²) in [6.45, 7) is 4.29. The van der Waals surface area contributed by atoms with E-state index in [9.17, 15) is 9.59 Å². The minimum Gasteiger partial charge on any atom is -0.351 e. The number of hydrogen-bond acceptors (Lipinski definition) is 4. The van der Waals surface area contributed by atoms with Gasteiger partial charge in [-0.05, 0) is 68.7 Å². The molecule has 0 bridgehead atoms. The number of rotatable bonds is 6. The van der Waals surface area contributed by atoms with Crippen LogP contribution in [0.15, 0.2) is 36.5 Å². The number of carbonyl (C=O) groups is 2.